The fourth-order valence-electron chi connectivity index (χ4n) is 3.73. The Morgan fingerprint density at radius 3 is 2.37 bits per heavy atom. The topological polar surface area (TPSA) is 49.9 Å². The highest BCUT2D eigenvalue weighted by Crippen LogP contribution is 2.53. The third-order valence-corrected chi connectivity index (χ3v) is 5.70. The Balaban J connectivity index is 1.55. The van der Waals surface area contributed by atoms with Crippen LogP contribution in [-0.4, -0.2) is 53.9 Å². The Hall–Kier alpha value is -2.18. The molecule has 0 bridgehead atoms. The molecule has 3 rings (SSSR count). The molecule has 1 aliphatic carbocycles. The second-order valence-corrected chi connectivity index (χ2v) is 8.18. The van der Waals surface area contributed by atoms with Gasteiger partial charge in [-0.15, -0.1) is 0 Å². The van der Waals surface area contributed by atoms with E-state index < -0.39 is 6.61 Å². The molecule has 2 atom stereocenters. The molecule has 1 saturated carbocycles. The van der Waals surface area contributed by atoms with Crippen LogP contribution in [0.4, 0.5) is 8.78 Å². The van der Waals surface area contributed by atoms with E-state index in [0.29, 0.717) is 37.5 Å². The zero-order valence-corrected chi connectivity index (χ0v) is 16.0. The van der Waals surface area contributed by atoms with E-state index in [1.807, 2.05) is 11.8 Å². The lowest BCUT2D eigenvalue weighted by Crippen LogP contribution is -2.55. The molecular weight excluding hydrogens is 354 g/mol. The van der Waals surface area contributed by atoms with Crippen LogP contribution in [0.15, 0.2) is 24.3 Å². The summed E-state index contributed by atoms with van der Waals surface area (Å²) in [6.07, 6.45) is 1.67. The van der Waals surface area contributed by atoms with Crippen molar-refractivity contribution in [3.05, 3.63) is 29.8 Å². The quantitative estimate of drug-likeness (QED) is 0.787. The molecular formula is C20H26F2N2O3. The molecule has 27 heavy (non-hydrogen) atoms. The first kappa shape index (κ1) is 19.6. The minimum atomic E-state index is -2.89. The molecule has 2 unspecified atom stereocenters. The monoisotopic (exact) mass is 380 g/mol. The van der Waals surface area contributed by atoms with Gasteiger partial charge in [-0.1, -0.05) is 13.8 Å². The molecule has 0 radical (unpaired) electrons. The van der Waals surface area contributed by atoms with Gasteiger partial charge in [-0.25, -0.2) is 0 Å². The summed E-state index contributed by atoms with van der Waals surface area (Å²) in [7, 11) is 0. The first-order chi connectivity index (χ1) is 12.7. The summed E-state index contributed by atoms with van der Waals surface area (Å²) in [4.78, 5) is 28.8. The van der Waals surface area contributed by atoms with Crippen molar-refractivity contribution in [1.29, 1.82) is 0 Å². The number of halogens is 2. The number of amides is 2. The van der Waals surface area contributed by atoms with Crippen molar-refractivity contribution in [3.63, 3.8) is 0 Å². The van der Waals surface area contributed by atoms with Gasteiger partial charge in [0.25, 0.3) is 5.91 Å². The van der Waals surface area contributed by atoms with Crippen molar-refractivity contribution in [2.45, 2.75) is 46.3 Å². The van der Waals surface area contributed by atoms with Gasteiger partial charge in [0.15, 0.2) is 0 Å². The largest absolute Gasteiger partial charge is 0.435 e. The predicted octanol–water partition coefficient (Wildman–Crippen LogP) is 3.40. The van der Waals surface area contributed by atoms with Gasteiger partial charge in [0.1, 0.15) is 5.75 Å². The molecule has 1 heterocycles. The molecule has 2 fully saturated rings. The van der Waals surface area contributed by atoms with Crippen LogP contribution >= 0.6 is 0 Å². The fraction of sp³-hybridized carbons (Fsp3) is 0.600. The molecule has 148 valence electrons. The Bertz CT molecular complexity index is 706. The van der Waals surface area contributed by atoms with Crippen molar-refractivity contribution < 1.29 is 23.1 Å². The van der Waals surface area contributed by atoms with E-state index in [1.165, 1.54) is 24.3 Å². The number of nitrogens with zero attached hydrogens (tertiary/aromatic N) is 2. The number of alkyl halides is 2. The number of carbonyl (C=O) groups is 2. The van der Waals surface area contributed by atoms with E-state index in [4.69, 9.17) is 0 Å². The number of carbonyl (C=O) groups excluding carboxylic acids is 2. The van der Waals surface area contributed by atoms with Crippen molar-refractivity contribution >= 4 is 11.8 Å². The molecule has 1 aromatic rings. The van der Waals surface area contributed by atoms with Crippen LogP contribution in [0.1, 0.15) is 44.0 Å². The van der Waals surface area contributed by atoms with Crippen molar-refractivity contribution in [1.82, 2.24) is 9.80 Å². The van der Waals surface area contributed by atoms with Crippen LogP contribution in [0.2, 0.25) is 0 Å². The van der Waals surface area contributed by atoms with E-state index in [2.05, 4.69) is 18.6 Å². The Kier molecular flexibility index (Phi) is 5.40. The highest BCUT2D eigenvalue weighted by molar-refractivity contribution is 5.94. The summed E-state index contributed by atoms with van der Waals surface area (Å²) >= 11 is 0. The molecule has 2 aliphatic rings. The average molecular weight is 380 g/mol. The number of ether oxygens (including phenoxy) is 1. The number of hydrogen-bond acceptors (Lipinski definition) is 3. The van der Waals surface area contributed by atoms with Crippen molar-refractivity contribution in [3.8, 4) is 5.75 Å². The molecule has 7 heteroatoms. The summed E-state index contributed by atoms with van der Waals surface area (Å²) in [6, 6.07) is 5.65. The van der Waals surface area contributed by atoms with Crippen LogP contribution in [0.25, 0.3) is 0 Å². The molecule has 5 nitrogen and oxygen atoms in total. The maximum Gasteiger partial charge on any atom is 0.387 e. The van der Waals surface area contributed by atoms with Crippen LogP contribution in [0.5, 0.6) is 5.75 Å². The van der Waals surface area contributed by atoms with Gasteiger partial charge in [0.05, 0.1) is 0 Å². The molecule has 0 aromatic heterocycles. The third kappa shape index (κ3) is 4.57. The Labute approximate surface area is 158 Å². The lowest BCUT2D eigenvalue weighted by molar-refractivity contribution is -0.135. The van der Waals surface area contributed by atoms with E-state index in [1.54, 1.807) is 4.90 Å². The van der Waals surface area contributed by atoms with Gasteiger partial charge in [-0.05, 0) is 48.9 Å². The second-order valence-electron chi connectivity index (χ2n) is 8.18. The SMILES string of the molecule is CC1CN(C(=O)c2ccc(OC(F)F)cc2)CCN1C(=O)CC1CC1(C)C. The zero-order valence-electron chi connectivity index (χ0n) is 16.0. The molecule has 1 saturated heterocycles. The standard InChI is InChI=1S/C20H26F2N2O3/c1-13-12-23(8-9-24(13)17(25)10-15-11-20(15,2)3)18(26)14-4-6-16(7-5-14)27-19(21)22/h4-7,13,15,19H,8-12H2,1-3H3. The Morgan fingerprint density at radius 1 is 1.22 bits per heavy atom. The summed E-state index contributed by atoms with van der Waals surface area (Å²) in [6.45, 7) is 4.89. The maximum atomic E-state index is 12.7. The number of benzene rings is 1. The number of hydrogen-bond donors (Lipinski definition) is 0. The maximum absolute atomic E-state index is 12.7. The van der Waals surface area contributed by atoms with Crippen molar-refractivity contribution in [2.24, 2.45) is 11.3 Å². The lowest BCUT2D eigenvalue weighted by Gasteiger charge is -2.40. The molecule has 1 aliphatic heterocycles. The average Bonchev–Trinajstić information content (AvgIpc) is 3.20. The number of rotatable bonds is 5. The van der Waals surface area contributed by atoms with E-state index >= 15 is 0 Å². The van der Waals surface area contributed by atoms with Crippen LogP contribution in [0.3, 0.4) is 0 Å². The van der Waals surface area contributed by atoms with Crippen LogP contribution in [-0.2, 0) is 4.79 Å². The van der Waals surface area contributed by atoms with Gasteiger partial charge in [-0.2, -0.15) is 8.78 Å². The summed E-state index contributed by atoms with van der Waals surface area (Å²) in [5, 5.41) is 0. The third-order valence-electron chi connectivity index (χ3n) is 5.70. The lowest BCUT2D eigenvalue weighted by atomic mass is 10.1. The minimum Gasteiger partial charge on any atom is -0.435 e. The van der Waals surface area contributed by atoms with E-state index in [-0.39, 0.29) is 29.0 Å². The van der Waals surface area contributed by atoms with Gasteiger partial charge in [-0.3, -0.25) is 9.59 Å². The summed E-state index contributed by atoms with van der Waals surface area (Å²) in [5.41, 5.74) is 0.694. The first-order valence-electron chi connectivity index (χ1n) is 9.31. The molecule has 1 aromatic carbocycles. The highest BCUT2D eigenvalue weighted by Gasteiger charge is 2.47. The van der Waals surface area contributed by atoms with Gasteiger partial charge in [0, 0.05) is 37.7 Å². The van der Waals surface area contributed by atoms with Gasteiger partial charge in [0.2, 0.25) is 5.91 Å². The molecule has 0 N–H and O–H groups in total. The Morgan fingerprint density at radius 2 is 1.85 bits per heavy atom. The van der Waals surface area contributed by atoms with Crippen molar-refractivity contribution in [2.75, 3.05) is 19.6 Å². The van der Waals surface area contributed by atoms with Gasteiger partial charge < -0.3 is 14.5 Å². The normalized spacial score (nSPS) is 24.1. The zero-order chi connectivity index (χ0) is 19.8. The smallest absolute Gasteiger partial charge is 0.387 e. The minimum absolute atomic E-state index is 0.0216. The molecule has 0 spiro atoms. The summed E-state index contributed by atoms with van der Waals surface area (Å²) < 4.78 is 28.7. The second kappa shape index (κ2) is 7.44. The number of piperazine rings is 1. The van der Waals surface area contributed by atoms with Crippen LogP contribution < -0.4 is 4.74 Å². The highest BCUT2D eigenvalue weighted by atomic mass is 19.3. The van der Waals surface area contributed by atoms with Gasteiger partial charge >= 0.3 is 6.61 Å². The fourth-order valence-corrected chi connectivity index (χ4v) is 3.73. The summed E-state index contributed by atoms with van der Waals surface area (Å²) in [5.74, 6) is 0.485. The first-order valence-corrected chi connectivity index (χ1v) is 9.31. The predicted molar refractivity (Wildman–Crippen MR) is 96.7 cm³/mol. The van der Waals surface area contributed by atoms with E-state index in [9.17, 15) is 18.4 Å². The van der Waals surface area contributed by atoms with E-state index in [0.717, 1.165) is 6.42 Å². The molecule has 2 amide bonds. The van der Waals surface area contributed by atoms with Crippen LogP contribution in [0, 0.1) is 11.3 Å².